The maximum Gasteiger partial charge on any atom is 0.328 e. The lowest BCUT2D eigenvalue weighted by molar-refractivity contribution is -0.149. The molecule has 8 heteroatoms. The number of nitrogens with one attached hydrogen (secondary N) is 1. The second-order valence-electron chi connectivity index (χ2n) is 5.09. The van der Waals surface area contributed by atoms with Crippen molar-refractivity contribution in [1.82, 2.24) is 9.88 Å². The van der Waals surface area contributed by atoms with Gasteiger partial charge in [-0.2, -0.15) is 0 Å². The first kappa shape index (κ1) is 18.2. The van der Waals surface area contributed by atoms with Crippen molar-refractivity contribution in [2.24, 2.45) is 0 Å². The van der Waals surface area contributed by atoms with Crippen LogP contribution in [0.2, 0.25) is 0 Å². The van der Waals surface area contributed by atoms with Crippen LogP contribution in [0, 0.1) is 5.82 Å². The summed E-state index contributed by atoms with van der Waals surface area (Å²) in [7, 11) is 2.29. The van der Waals surface area contributed by atoms with Gasteiger partial charge in [-0.15, -0.1) is 0 Å². The van der Waals surface area contributed by atoms with Gasteiger partial charge in [0.15, 0.2) is 0 Å². The Labute approximate surface area is 143 Å². The Morgan fingerprint density at radius 2 is 1.84 bits per heavy atom. The number of ether oxygens (including phenoxy) is 2. The maximum atomic E-state index is 14.2. The highest BCUT2D eigenvalue weighted by molar-refractivity contribution is 5.97. The number of rotatable bonds is 6. The van der Waals surface area contributed by atoms with Gasteiger partial charge in [0.05, 0.1) is 26.3 Å². The van der Waals surface area contributed by atoms with E-state index in [-0.39, 0.29) is 11.3 Å². The third-order valence-electron chi connectivity index (χ3n) is 3.48. The van der Waals surface area contributed by atoms with Crippen LogP contribution in [0.3, 0.4) is 0 Å². The van der Waals surface area contributed by atoms with Gasteiger partial charge in [0.2, 0.25) is 0 Å². The average molecular weight is 348 g/mol. The van der Waals surface area contributed by atoms with Gasteiger partial charge >= 0.3 is 11.9 Å². The van der Waals surface area contributed by atoms with E-state index in [9.17, 15) is 18.8 Å². The third kappa shape index (κ3) is 4.43. The zero-order valence-corrected chi connectivity index (χ0v) is 13.7. The number of esters is 2. The molecule has 0 aliphatic carbocycles. The Bertz CT molecular complexity index is 773. The molecule has 1 atom stereocenters. The highest BCUT2D eigenvalue weighted by Crippen LogP contribution is 2.16. The van der Waals surface area contributed by atoms with Crippen LogP contribution in [-0.2, 0) is 19.1 Å². The number of nitrogens with zero attached hydrogens (tertiary/aromatic N) is 1. The van der Waals surface area contributed by atoms with Crippen LogP contribution in [0.15, 0.2) is 42.7 Å². The number of benzene rings is 1. The molecule has 1 N–H and O–H groups in total. The van der Waals surface area contributed by atoms with Crippen LogP contribution in [0.1, 0.15) is 16.8 Å². The molecule has 25 heavy (non-hydrogen) atoms. The van der Waals surface area contributed by atoms with E-state index in [2.05, 4.69) is 14.8 Å². The lowest BCUT2D eigenvalue weighted by atomic mass is 10.1. The van der Waals surface area contributed by atoms with Crippen molar-refractivity contribution in [3.05, 3.63) is 54.1 Å². The van der Waals surface area contributed by atoms with E-state index in [4.69, 9.17) is 0 Å². The number of methoxy groups -OCH3 is 2. The van der Waals surface area contributed by atoms with Gasteiger partial charge in [0, 0.05) is 18.0 Å². The second-order valence-corrected chi connectivity index (χ2v) is 5.09. The molecule has 0 radical (unpaired) electrons. The van der Waals surface area contributed by atoms with Gasteiger partial charge < -0.3 is 19.4 Å². The van der Waals surface area contributed by atoms with E-state index < -0.39 is 36.1 Å². The number of aromatic nitrogens is 1. The van der Waals surface area contributed by atoms with Gasteiger partial charge in [-0.25, -0.2) is 9.18 Å². The average Bonchev–Trinajstić information content (AvgIpc) is 3.14. The maximum absolute atomic E-state index is 14.2. The van der Waals surface area contributed by atoms with Gasteiger partial charge in [0.1, 0.15) is 11.9 Å². The Morgan fingerprint density at radius 3 is 2.40 bits per heavy atom. The Hall–Kier alpha value is -3.16. The van der Waals surface area contributed by atoms with Crippen molar-refractivity contribution in [3.63, 3.8) is 0 Å². The molecule has 0 bridgehead atoms. The molecule has 0 unspecified atom stereocenters. The van der Waals surface area contributed by atoms with Crippen LogP contribution >= 0.6 is 0 Å². The highest BCUT2D eigenvalue weighted by atomic mass is 19.1. The van der Waals surface area contributed by atoms with Gasteiger partial charge in [-0.05, 0) is 30.3 Å². The summed E-state index contributed by atoms with van der Waals surface area (Å²) in [5, 5.41) is 2.34. The van der Waals surface area contributed by atoms with Crippen molar-refractivity contribution in [3.8, 4) is 5.69 Å². The summed E-state index contributed by atoms with van der Waals surface area (Å²) in [4.78, 5) is 35.3. The predicted molar refractivity (Wildman–Crippen MR) is 85.6 cm³/mol. The van der Waals surface area contributed by atoms with Crippen molar-refractivity contribution in [2.75, 3.05) is 14.2 Å². The van der Waals surface area contributed by atoms with E-state index in [0.717, 1.165) is 20.3 Å². The van der Waals surface area contributed by atoms with Crippen LogP contribution in [0.4, 0.5) is 4.39 Å². The fourth-order valence-corrected chi connectivity index (χ4v) is 2.18. The summed E-state index contributed by atoms with van der Waals surface area (Å²) in [6.07, 6.45) is 2.95. The molecule has 132 valence electrons. The first-order valence-electron chi connectivity index (χ1n) is 7.34. The normalized spacial score (nSPS) is 11.5. The molecule has 2 aromatic rings. The molecular formula is C17H17FN2O5. The zero-order chi connectivity index (χ0) is 18.4. The minimum Gasteiger partial charge on any atom is -0.469 e. The highest BCUT2D eigenvalue weighted by Gasteiger charge is 2.26. The SMILES string of the molecule is COC(=O)C[C@H](NC(=O)c1ccc(-n2cccc2)c(F)c1)C(=O)OC. The Morgan fingerprint density at radius 1 is 1.16 bits per heavy atom. The summed E-state index contributed by atoms with van der Waals surface area (Å²) in [6, 6.07) is 6.17. The Balaban J connectivity index is 2.17. The second kappa shape index (κ2) is 8.09. The molecule has 7 nitrogen and oxygen atoms in total. The van der Waals surface area contributed by atoms with Crippen molar-refractivity contribution in [1.29, 1.82) is 0 Å². The smallest absolute Gasteiger partial charge is 0.328 e. The van der Waals surface area contributed by atoms with Gasteiger partial charge in [-0.3, -0.25) is 9.59 Å². The third-order valence-corrected chi connectivity index (χ3v) is 3.48. The molecule has 0 aliphatic heterocycles. The van der Waals surface area contributed by atoms with Crippen molar-refractivity contribution < 1.29 is 28.2 Å². The molecule has 2 rings (SSSR count). The summed E-state index contributed by atoms with van der Waals surface area (Å²) < 4.78 is 24.8. The van der Waals surface area contributed by atoms with Crippen molar-refractivity contribution in [2.45, 2.75) is 12.5 Å². The summed E-state index contributed by atoms with van der Waals surface area (Å²) >= 11 is 0. The fourth-order valence-electron chi connectivity index (χ4n) is 2.18. The Kier molecular flexibility index (Phi) is 5.89. The monoisotopic (exact) mass is 348 g/mol. The molecule has 0 saturated heterocycles. The van der Waals surface area contributed by atoms with E-state index in [1.54, 1.807) is 29.1 Å². The lowest BCUT2D eigenvalue weighted by Crippen LogP contribution is -2.43. The van der Waals surface area contributed by atoms with Crippen LogP contribution in [-0.4, -0.2) is 42.7 Å². The number of hydrogen-bond acceptors (Lipinski definition) is 5. The quantitative estimate of drug-likeness (QED) is 0.799. The van der Waals surface area contributed by atoms with Crippen molar-refractivity contribution >= 4 is 17.8 Å². The number of carbonyl (C=O) groups is 3. The zero-order valence-electron chi connectivity index (χ0n) is 13.7. The summed E-state index contributed by atoms with van der Waals surface area (Å²) in [5.41, 5.74) is 0.285. The van der Waals surface area contributed by atoms with E-state index in [1.807, 2.05) is 0 Å². The van der Waals surface area contributed by atoms with Crippen LogP contribution < -0.4 is 5.32 Å². The topological polar surface area (TPSA) is 86.6 Å². The molecule has 1 aromatic heterocycles. The number of halogens is 1. The first-order chi connectivity index (χ1) is 12.0. The molecule has 0 aliphatic rings. The van der Waals surface area contributed by atoms with Crippen LogP contribution in [0.5, 0.6) is 0 Å². The standard InChI is InChI=1S/C17H17FN2O5/c1-24-15(21)10-13(17(23)25-2)19-16(22)11-5-6-14(12(18)9-11)20-7-3-4-8-20/h3-9,13H,10H2,1-2H3,(H,19,22)/t13-/m0/s1. The number of carbonyl (C=O) groups excluding carboxylic acids is 3. The lowest BCUT2D eigenvalue weighted by Gasteiger charge is -2.15. The van der Waals surface area contributed by atoms with Crippen LogP contribution in [0.25, 0.3) is 5.69 Å². The minimum atomic E-state index is -1.22. The summed E-state index contributed by atoms with van der Waals surface area (Å²) in [5.74, 6) is -2.81. The molecular weight excluding hydrogens is 331 g/mol. The van der Waals surface area contributed by atoms with E-state index >= 15 is 0 Å². The molecule has 0 fully saturated rings. The van der Waals surface area contributed by atoms with E-state index in [1.165, 1.54) is 12.1 Å². The van der Waals surface area contributed by atoms with Gasteiger partial charge in [-0.1, -0.05) is 0 Å². The van der Waals surface area contributed by atoms with E-state index in [0.29, 0.717) is 0 Å². The fraction of sp³-hybridized carbons (Fsp3) is 0.235. The molecule has 0 saturated carbocycles. The first-order valence-corrected chi connectivity index (χ1v) is 7.34. The van der Waals surface area contributed by atoms with Gasteiger partial charge in [0.25, 0.3) is 5.91 Å². The minimum absolute atomic E-state index is 0.00664. The molecule has 1 amide bonds. The molecule has 1 aromatic carbocycles. The molecule has 1 heterocycles. The summed E-state index contributed by atoms with van der Waals surface area (Å²) in [6.45, 7) is 0. The molecule has 0 spiro atoms. The number of amides is 1. The number of hydrogen-bond donors (Lipinski definition) is 1. The predicted octanol–water partition coefficient (Wildman–Crippen LogP) is 1.45. The largest absolute Gasteiger partial charge is 0.469 e.